The fourth-order valence-corrected chi connectivity index (χ4v) is 2.85. The Hall–Kier alpha value is -3.14. The van der Waals surface area contributed by atoms with Crippen molar-refractivity contribution in [2.24, 2.45) is 5.10 Å². The summed E-state index contributed by atoms with van der Waals surface area (Å²) in [4.78, 5) is 12.2. The largest absolute Gasteiger partial charge is 0.493 e. The molecule has 0 unspecified atom stereocenters. The molecular formula is C23H24N2O2. The maximum Gasteiger partial charge on any atom is 0.244 e. The van der Waals surface area contributed by atoms with Crippen LogP contribution in [0.4, 0.5) is 0 Å². The number of fused-ring (bicyclic) bond motifs is 1. The highest BCUT2D eigenvalue weighted by Crippen LogP contribution is 2.26. The van der Waals surface area contributed by atoms with E-state index in [0.717, 1.165) is 34.1 Å². The second kappa shape index (κ2) is 8.99. The molecule has 0 aliphatic carbocycles. The number of benzene rings is 3. The molecule has 4 heteroatoms. The normalized spacial score (nSPS) is 11.0. The van der Waals surface area contributed by atoms with Crippen molar-refractivity contribution in [3.63, 3.8) is 0 Å². The highest BCUT2D eigenvalue weighted by atomic mass is 16.5. The minimum atomic E-state index is -0.147. The minimum Gasteiger partial charge on any atom is -0.493 e. The molecule has 0 saturated carbocycles. The van der Waals surface area contributed by atoms with Gasteiger partial charge >= 0.3 is 0 Å². The van der Waals surface area contributed by atoms with Gasteiger partial charge in [0.2, 0.25) is 5.91 Å². The van der Waals surface area contributed by atoms with Crippen LogP contribution in [0, 0.1) is 6.92 Å². The van der Waals surface area contributed by atoms with Gasteiger partial charge in [-0.05, 0) is 35.7 Å². The zero-order valence-electron chi connectivity index (χ0n) is 15.7. The fourth-order valence-electron chi connectivity index (χ4n) is 2.85. The molecule has 3 rings (SSSR count). The van der Waals surface area contributed by atoms with Gasteiger partial charge in [-0.3, -0.25) is 4.79 Å². The SMILES string of the molecule is CCCOc1ccc2ccccc2c1/C=N\NC(=O)Cc1ccc(C)cc1. The van der Waals surface area contributed by atoms with Crippen molar-refractivity contribution in [3.05, 3.63) is 77.4 Å². The van der Waals surface area contributed by atoms with E-state index in [1.54, 1.807) is 6.21 Å². The molecule has 0 aromatic heterocycles. The van der Waals surface area contributed by atoms with E-state index in [4.69, 9.17) is 4.74 Å². The molecule has 1 N–H and O–H groups in total. The van der Waals surface area contributed by atoms with Crippen LogP contribution in [0.25, 0.3) is 10.8 Å². The van der Waals surface area contributed by atoms with Crippen LogP contribution < -0.4 is 10.2 Å². The summed E-state index contributed by atoms with van der Waals surface area (Å²) in [5.74, 6) is 0.624. The number of carbonyl (C=O) groups excluding carboxylic acids is 1. The van der Waals surface area contributed by atoms with Crippen molar-refractivity contribution in [2.45, 2.75) is 26.7 Å². The first-order valence-electron chi connectivity index (χ1n) is 9.19. The van der Waals surface area contributed by atoms with Gasteiger partial charge in [0.05, 0.1) is 19.2 Å². The quantitative estimate of drug-likeness (QED) is 0.493. The van der Waals surface area contributed by atoms with E-state index in [1.807, 2.05) is 67.6 Å². The summed E-state index contributed by atoms with van der Waals surface area (Å²) < 4.78 is 5.85. The Labute approximate surface area is 159 Å². The first-order chi connectivity index (χ1) is 13.2. The highest BCUT2D eigenvalue weighted by molar-refractivity contribution is 6.02. The maximum absolute atomic E-state index is 12.2. The van der Waals surface area contributed by atoms with Crippen LogP contribution in [0.5, 0.6) is 5.75 Å². The van der Waals surface area contributed by atoms with Crippen molar-refractivity contribution in [1.29, 1.82) is 0 Å². The molecule has 3 aromatic rings. The summed E-state index contributed by atoms with van der Waals surface area (Å²) in [6.07, 6.45) is 2.89. The zero-order chi connectivity index (χ0) is 19.1. The van der Waals surface area contributed by atoms with Gasteiger partial charge in [0.1, 0.15) is 5.75 Å². The Balaban J connectivity index is 1.75. The molecule has 27 heavy (non-hydrogen) atoms. The number of ether oxygens (including phenoxy) is 1. The van der Waals surface area contributed by atoms with Gasteiger partial charge in [0.15, 0.2) is 0 Å². The molecule has 0 atom stereocenters. The lowest BCUT2D eigenvalue weighted by Crippen LogP contribution is -2.19. The molecule has 0 spiro atoms. The molecule has 0 heterocycles. The van der Waals surface area contributed by atoms with Crippen molar-refractivity contribution >= 4 is 22.9 Å². The number of aryl methyl sites for hydroxylation is 1. The average molecular weight is 360 g/mol. The fraction of sp³-hybridized carbons (Fsp3) is 0.217. The maximum atomic E-state index is 12.2. The number of amides is 1. The number of carbonyl (C=O) groups is 1. The Kier molecular flexibility index (Phi) is 6.21. The molecule has 0 aliphatic rings. The number of nitrogens with one attached hydrogen (secondary N) is 1. The van der Waals surface area contributed by atoms with E-state index in [-0.39, 0.29) is 5.91 Å². The number of nitrogens with zero attached hydrogens (tertiary/aromatic N) is 1. The molecule has 138 valence electrons. The van der Waals surface area contributed by atoms with Gasteiger partial charge in [-0.15, -0.1) is 0 Å². The molecule has 0 aliphatic heterocycles. The Bertz CT molecular complexity index is 946. The standard InChI is InChI=1S/C23H24N2O2/c1-3-14-27-22-13-12-19-6-4-5-7-20(19)21(22)16-24-25-23(26)15-18-10-8-17(2)9-11-18/h4-13,16H,3,14-15H2,1-2H3,(H,25,26)/b24-16-. The van der Waals surface area contributed by atoms with E-state index in [0.29, 0.717) is 13.0 Å². The zero-order valence-corrected chi connectivity index (χ0v) is 15.7. The van der Waals surface area contributed by atoms with Gasteiger partial charge in [-0.1, -0.05) is 67.1 Å². The van der Waals surface area contributed by atoms with E-state index < -0.39 is 0 Å². The van der Waals surface area contributed by atoms with Crippen molar-refractivity contribution < 1.29 is 9.53 Å². The number of hydrogen-bond donors (Lipinski definition) is 1. The Morgan fingerprint density at radius 2 is 1.85 bits per heavy atom. The summed E-state index contributed by atoms with van der Waals surface area (Å²) >= 11 is 0. The van der Waals surface area contributed by atoms with Gasteiger partial charge < -0.3 is 4.74 Å². The van der Waals surface area contributed by atoms with Crippen molar-refractivity contribution in [3.8, 4) is 5.75 Å². The molecular weight excluding hydrogens is 336 g/mol. The van der Waals surface area contributed by atoms with Crippen molar-refractivity contribution in [2.75, 3.05) is 6.61 Å². The molecule has 0 bridgehead atoms. The van der Waals surface area contributed by atoms with Crippen LogP contribution >= 0.6 is 0 Å². The average Bonchev–Trinajstić information content (AvgIpc) is 2.69. The van der Waals surface area contributed by atoms with Gasteiger partial charge in [-0.25, -0.2) is 5.43 Å². The first kappa shape index (κ1) is 18.6. The number of hydrogen-bond acceptors (Lipinski definition) is 3. The van der Waals surface area contributed by atoms with E-state index >= 15 is 0 Å². The van der Waals surface area contributed by atoms with Crippen molar-refractivity contribution in [1.82, 2.24) is 5.43 Å². The van der Waals surface area contributed by atoms with E-state index in [1.165, 1.54) is 5.56 Å². The number of hydrazone groups is 1. The molecule has 1 amide bonds. The second-order valence-electron chi connectivity index (χ2n) is 6.50. The summed E-state index contributed by atoms with van der Waals surface area (Å²) in [6, 6.07) is 20.0. The Morgan fingerprint density at radius 1 is 1.07 bits per heavy atom. The van der Waals surface area contributed by atoms with Crippen LogP contribution in [0.1, 0.15) is 30.0 Å². The molecule has 4 nitrogen and oxygen atoms in total. The first-order valence-corrected chi connectivity index (χ1v) is 9.19. The lowest BCUT2D eigenvalue weighted by atomic mass is 10.0. The summed E-state index contributed by atoms with van der Waals surface area (Å²) in [6.45, 7) is 4.73. The Morgan fingerprint density at radius 3 is 2.63 bits per heavy atom. The third-order valence-electron chi connectivity index (χ3n) is 4.26. The van der Waals surface area contributed by atoms with Crippen LogP contribution in [0.3, 0.4) is 0 Å². The lowest BCUT2D eigenvalue weighted by Gasteiger charge is -2.11. The molecule has 0 saturated heterocycles. The van der Waals surface area contributed by atoms with Crippen LogP contribution in [-0.4, -0.2) is 18.7 Å². The summed E-state index contributed by atoms with van der Waals surface area (Å²) in [5.41, 5.74) is 5.63. The topological polar surface area (TPSA) is 50.7 Å². The summed E-state index contributed by atoms with van der Waals surface area (Å²) in [5, 5.41) is 6.32. The van der Waals surface area contributed by atoms with Crippen LogP contribution in [-0.2, 0) is 11.2 Å². The smallest absolute Gasteiger partial charge is 0.244 e. The van der Waals surface area contributed by atoms with Gasteiger partial charge in [0.25, 0.3) is 0 Å². The van der Waals surface area contributed by atoms with Gasteiger partial charge in [0, 0.05) is 5.56 Å². The lowest BCUT2D eigenvalue weighted by molar-refractivity contribution is -0.120. The molecule has 3 aromatic carbocycles. The minimum absolute atomic E-state index is 0.147. The molecule has 0 fully saturated rings. The van der Waals surface area contributed by atoms with Crippen LogP contribution in [0.15, 0.2) is 65.8 Å². The second-order valence-corrected chi connectivity index (χ2v) is 6.50. The predicted molar refractivity (Wildman–Crippen MR) is 110 cm³/mol. The predicted octanol–water partition coefficient (Wildman–Crippen LogP) is 4.63. The highest BCUT2D eigenvalue weighted by Gasteiger charge is 2.07. The third kappa shape index (κ3) is 4.94. The number of rotatable bonds is 7. The monoisotopic (exact) mass is 360 g/mol. The third-order valence-corrected chi connectivity index (χ3v) is 4.26. The van der Waals surface area contributed by atoms with E-state index in [2.05, 4.69) is 17.5 Å². The van der Waals surface area contributed by atoms with Crippen LogP contribution in [0.2, 0.25) is 0 Å². The van der Waals surface area contributed by atoms with E-state index in [9.17, 15) is 4.79 Å². The van der Waals surface area contributed by atoms with Gasteiger partial charge in [-0.2, -0.15) is 5.10 Å². The molecule has 0 radical (unpaired) electrons. The summed E-state index contributed by atoms with van der Waals surface area (Å²) in [7, 11) is 0.